The van der Waals surface area contributed by atoms with E-state index < -0.39 is 5.54 Å². The molecule has 0 atom stereocenters. The van der Waals surface area contributed by atoms with Gasteiger partial charge in [0.25, 0.3) is 5.91 Å². The molecule has 4 aliphatic rings. The van der Waals surface area contributed by atoms with Crippen molar-refractivity contribution in [2.24, 2.45) is 17.3 Å². The molecule has 2 aliphatic carbocycles. The first-order valence-electron chi connectivity index (χ1n) is 13.6. The van der Waals surface area contributed by atoms with Gasteiger partial charge in [0.05, 0.1) is 5.54 Å². The van der Waals surface area contributed by atoms with Crippen molar-refractivity contribution < 1.29 is 14.4 Å². The third-order valence-corrected chi connectivity index (χ3v) is 9.12. The summed E-state index contributed by atoms with van der Waals surface area (Å²) in [4.78, 5) is 43.2. The lowest BCUT2D eigenvalue weighted by atomic mass is 9.66. The predicted molar refractivity (Wildman–Crippen MR) is 136 cm³/mol. The van der Waals surface area contributed by atoms with E-state index >= 15 is 0 Å². The van der Waals surface area contributed by atoms with E-state index in [1.54, 1.807) is 0 Å². The molecule has 190 valence electrons. The molecule has 35 heavy (non-hydrogen) atoms. The lowest BCUT2D eigenvalue weighted by Gasteiger charge is -2.48. The van der Waals surface area contributed by atoms with Crippen molar-refractivity contribution in [1.82, 2.24) is 15.1 Å². The molecular weight excluding hydrogens is 438 g/mol. The van der Waals surface area contributed by atoms with Crippen molar-refractivity contribution >= 4 is 17.7 Å². The summed E-state index contributed by atoms with van der Waals surface area (Å²) >= 11 is 0. The lowest BCUT2D eigenvalue weighted by Crippen LogP contribution is -2.55. The van der Waals surface area contributed by atoms with Crippen molar-refractivity contribution in [2.45, 2.75) is 96.7 Å². The highest BCUT2D eigenvalue weighted by molar-refractivity contribution is 5.99. The fraction of sp³-hybridized carbons (Fsp3) is 0.690. The molecule has 2 aliphatic heterocycles. The number of hydrogen-bond donors (Lipinski definition) is 1. The second-order valence-electron chi connectivity index (χ2n) is 12.5. The third-order valence-electron chi connectivity index (χ3n) is 9.12. The van der Waals surface area contributed by atoms with Crippen LogP contribution in [0, 0.1) is 17.3 Å². The number of hydrogen-bond acceptors (Lipinski definition) is 3. The van der Waals surface area contributed by atoms with Crippen LogP contribution in [0.5, 0.6) is 0 Å². The first kappa shape index (κ1) is 24.3. The van der Waals surface area contributed by atoms with E-state index in [1.165, 1.54) is 0 Å². The number of benzene rings is 1. The van der Waals surface area contributed by atoms with Gasteiger partial charge in [0.2, 0.25) is 11.8 Å². The number of carbonyl (C=O) groups excluding carboxylic acids is 3. The van der Waals surface area contributed by atoms with Crippen molar-refractivity contribution in [3.63, 3.8) is 0 Å². The minimum Gasteiger partial charge on any atom is -0.353 e. The highest BCUT2D eigenvalue weighted by Gasteiger charge is 2.48. The molecule has 3 amide bonds. The van der Waals surface area contributed by atoms with Gasteiger partial charge in [-0.15, -0.1) is 0 Å². The van der Waals surface area contributed by atoms with Crippen LogP contribution in [0.25, 0.3) is 0 Å². The molecule has 0 radical (unpaired) electrons. The van der Waals surface area contributed by atoms with E-state index in [-0.39, 0.29) is 29.2 Å². The third kappa shape index (κ3) is 4.99. The summed E-state index contributed by atoms with van der Waals surface area (Å²) < 4.78 is 0. The van der Waals surface area contributed by atoms with Crippen LogP contribution in [0.3, 0.4) is 0 Å². The monoisotopic (exact) mass is 479 g/mol. The maximum atomic E-state index is 13.5. The Balaban J connectivity index is 1.26. The number of carbonyl (C=O) groups is 3. The Morgan fingerprint density at radius 3 is 2.26 bits per heavy atom. The van der Waals surface area contributed by atoms with Gasteiger partial charge < -0.3 is 15.1 Å². The van der Waals surface area contributed by atoms with Crippen molar-refractivity contribution in [3.05, 3.63) is 35.4 Å². The fourth-order valence-electron chi connectivity index (χ4n) is 6.61. The number of nitrogens with zero attached hydrogens (tertiary/aromatic N) is 2. The Kier molecular flexibility index (Phi) is 6.43. The summed E-state index contributed by atoms with van der Waals surface area (Å²) in [6.45, 7) is 8.97. The van der Waals surface area contributed by atoms with E-state index in [2.05, 4.69) is 26.1 Å². The standard InChI is InChI=1S/C29H41N3O3/c1-28(2,3)22-10-14-29(15-11-22,32-19-21-6-4-5-7-24(21)27(32)35)18-25(33)30-23-12-16-31(17-13-23)26(34)20-8-9-20/h4-7,20,22-23H,8-19H2,1-3H3,(H,30,33). The highest BCUT2D eigenvalue weighted by Crippen LogP contribution is 2.47. The zero-order valence-corrected chi connectivity index (χ0v) is 21.6. The number of amides is 3. The molecule has 1 N–H and O–H groups in total. The SMILES string of the molecule is CC(C)(C)C1CCC(CC(=O)NC2CCN(C(=O)C3CC3)CC2)(N2Cc3ccccc3C2=O)CC1. The molecule has 1 saturated heterocycles. The number of likely N-dealkylation sites (tertiary alicyclic amines) is 1. The average Bonchev–Trinajstić information content (AvgIpc) is 3.62. The number of nitrogens with one attached hydrogen (secondary N) is 1. The first-order valence-corrected chi connectivity index (χ1v) is 13.6. The molecule has 1 aromatic rings. The average molecular weight is 480 g/mol. The van der Waals surface area contributed by atoms with E-state index in [0.29, 0.717) is 24.8 Å². The van der Waals surface area contributed by atoms with Crippen LogP contribution < -0.4 is 5.32 Å². The molecule has 0 spiro atoms. The normalized spacial score (nSPS) is 27.6. The van der Waals surface area contributed by atoms with Gasteiger partial charge in [-0.2, -0.15) is 0 Å². The van der Waals surface area contributed by atoms with Crippen LogP contribution in [0.2, 0.25) is 0 Å². The molecule has 1 aromatic carbocycles. The zero-order chi connectivity index (χ0) is 24.8. The van der Waals surface area contributed by atoms with Gasteiger partial charge in [-0.3, -0.25) is 14.4 Å². The minimum atomic E-state index is -0.426. The van der Waals surface area contributed by atoms with Gasteiger partial charge >= 0.3 is 0 Å². The minimum absolute atomic E-state index is 0.0509. The summed E-state index contributed by atoms with van der Waals surface area (Å²) in [5, 5.41) is 3.28. The molecule has 3 fully saturated rings. The van der Waals surface area contributed by atoms with Gasteiger partial charge in [-0.05, 0) is 74.3 Å². The summed E-state index contributed by atoms with van der Waals surface area (Å²) in [7, 11) is 0. The van der Waals surface area contributed by atoms with E-state index in [9.17, 15) is 14.4 Å². The second kappa shape index (κ2) is 9.25. The first-order chi connectivity index (χ1) is 16.7. The molecule has 2 heterocycles. The van der Waals surface area contributed by atoms with Crippen LogP contribution in [0.4, 0.5) is 0 Å². The van der Waals surface area contributed by atoms with Crippen molar-refractivity contribution in [2.75, 3.05) is 13.1 Å². The Morgan fingerprint density at radius 1 is 1.00 bits per heavy atom. The summed E-state index contributed by atoms with van der Waals surface area (Å²) in [5.74, 6) is 1.29. The Hall–Kier alpha value is -2.37. The van der Waals surface area contributed by atoms with Gasteiger partial charge in [0.1, 0.15) is 0 Å². The number of piperidine rings is 1. The fourth-order valence-corrected chi connectivity index (χ4v) is 6.61. The van der Waals surface area contributed by atoms with Crippen LogP contribution in [-0.2, 0) is 16.1 Å². The molecule has 6 nitrogen and oxygen atoms in total. The Labute approximate surface area is 209 Å². The number of rotatable bonds is 5. The predicted octanol–water partition coefficient (Wildman–Crippen LogP) is 4.52. The summed E-state index contributed by atoms with van der Waals surface area (Å²) in [6, 6.07) is 7.99. The van der Waals surface area contributed by atoms with Crippen LogP contribution in [-0.4, -0.2) is 52.2 Å². The molecule has 6 heteroatoms. The van der Waals surface area contributed by atoms with E-state index in [1.807, 2.05) is 34.1 Å². The van der Waals surface area contributed by atoms with E-state index in [4.69, 9.17) is 0 Å². The van der Waals surface area contributed by atoms with Crippen molar-refractivity contribution in [1.29, 1.82) is 0 Å². The van der Waals surface area contributed by atoms with E-state index in [0.717, 1.165) is 75.6 Å². The van der Waals surface area contributed by atoms with Gasteiger partial charge in [-0.25, -0.2) is 0 Å². The largest absolute Gasteiger partial charge is 0.353 e. The summed E-state index contributed by atoms with van der Waals surface area (Å²) in [6.07, 6.45) is 7.89. The topological polar surface area (TPSA) is 69.7 Å². The molecule has 0 unspecified atom stereocenters. The number of fused-ring (bicyclic) bond motifs is 1. The smallest absolute Gasteiger partial charge is 0.254 e. The quantitative estimate of drug-likeness (QED) is 0.675. The maximum absolute atomic E-state index is 13.5. The van der Waals surface area contributed by atoms with Crippen LogP contribution >= 0.6 is 0 Å². The lowest BCUT2D eigenvalue weighted by molar-refractivity contribution is -0.133. The summed E-state index contributed by atoms with van der Waals surface area (Å²) in [5.41, 5.74) is 1.67. The second-order valence-corrected chi connectivity index (χ2v) is 12.5. The zero-order valence-electron chi connectivity index (χ0n) is 21.6. The Morgan fingerprint density at radius 2 is 1.66 bits per heavy atom. The Bertz CT molecular complexity index is 977. The highest BCUT2D eigenvalue weighted by atomic mass is 16.2. The molecule has 2 saturated carbocycles. The van der Waals surface area contributed by atoms with Gasteiger partial charge in [-0.1, -0.05) is 39.0 Å². The molecule has 0 bridgehead atoms. The van der Waals surface area contributed by atoms with Crippen LogP contribution in [0.15, 0.2) is 24.3 Å². The van der Waals surface area contributed by atoms with Gasteiger partial charge in [0, 0.05) is 43.6 Å². The maximum Gasteiger partial charge on any atom is 0.254 e. The molecule has 5 rings (SSSR count). The van der Waals surface area contributed by atoms with Gasteiger partial charge in [0.15, 0.2) is 0 Å². The molecule has 0 aromatic heterocycles. The molecular formula is C29H41N3O3. The van der Waals surface area contributed by atoms with Crippen LogP contribution in [0.1, 0.15) is 94.5 Å². The van der Waals surface area contributed by atoms with Crippen molar-refractivity contribution in [3.8, 4) is 0 Å².